The molecule has 0 radical (unpaired) electrons. The average Bonchev–Trinajstić information content (AvgIpc) is 2.98. The maximum atomic E-state index is 12.5. The van der Waals surface area contributed by atoms with Crippen molar-refractivity contribution in [3.63, 3.8) is 0 Å². The second kappa shape index (κ2) is 10.2. The molecule has 0 bridgehead atoms. The molecule has 0 aromatic heterocycles. The molecule has 1 heterocycles. The Morgan fingerprint density at radius 2 is 1.90 bits per heavy atom. The first-order valence-electron chi connectivity index (χ1n) is 11.0. The van der Waals surface area contributed by atoms with E-state index in [1.165, 1.54) is 19.1 Å². The van der Waals surface area contributed by atoms with Crippen LogP contribution < -0.4 is 10.1 Å². The molecule has 1 atom stereocenters. The van der Waals surface area contributed by atoms with Gasteiger partial charge in [0, 0.05) is 23.8 Å². The molecule has 1 fully saturated rings. The van der Waals surface area contributed by atoms with Gasteiger partial charge in [-0.3, -0.25) is 4.79 Å². The number of thioether (sulfide) groups is 1. The van der Waals surface area contributed by atoms with Crippen LogP contribution in [0.25, 0.3) is 0 Å². The molecular weight excluding hydrogens is 410 g/mol. The Labute approximate surface area is 187 Å². The molecule has 2 aliphatic rings. The zero-order chi connectivity index (χ0) is 21.6. The fraction of sp³-hybridized carbons (Fsp3) is 0.440. The fourth-order valence-electron chi connectivity index (χ4n) is 4.41. The van der Waals surface area contributed by atoms with Gasteiger partial charge in [-0.2, -0.15) is 0 Å². The number of carbonyl (C=O) groups is 2. The van der Waals surface area contributed by atoms with Gasteiger partial charge in [0.25, 0.3) is 0 Å². The molecule has 1 saturated carbocycles. The lowest BCUT2D eigenvalue weighted by molar-refractivity contribution is -0.125. The fourth-order valence-corrected chi connectivity index (χ4v) is 5.64. The molecule has 4 rings (SSSR count). The van der Waals surface area contributed by atoms with Crippen LogP contribution in [0, 0.1) is 5.92 Å². The molecular formula is C25H29NO4S. The van der Waals surface area contributed by atoms with Crippen molar-refractivity contribution in [2.45, 2.75) is 44.0 Å². The molecule has 164 valence electrons. The van der Waals surface area contributed by atoms with E-state index in [1.54, 1.807) is 17.8 Å². The normalized spacial score (nSPS) is 18.2. The summed E-state index contributed by atoms with van der Waals surface area (Å²) in [6.07, 6.45) is 5.58. The summed E-state index contributed by atoms with van der Waals surface area (Å²) in [5.74, 6) is 1.57. The molecule has 0 saturated heterocycles. The third-order valence-electron chi connectivity index (χ3n) is 6.10. The first-order valence-corrected chi connectivity index (χ1v) is 12.0. The average molecular weight is 440 g/mol. The van der Waals surface area contributed by atoms with E-state index in [0.717, 1.165) is 48.3 Å². The zero-order valence-electron chi connectivity index (χ0n) is 17.9. The van der Waals surface area contributed by atoms with Gasteiger partial charge >= 0.3 is 5.97 Å². The molecule has 2 aromatic rings. The Balaban J connectivity index is 1.50. The van der Waals surface area contributed by atoms with Gasteiger partial charge < -0.3 is 14.8 Å². The minimum Gasteiger partial charge on any atom is -0.489 e. The lowest BCUT2D eigenvalue weighted by Gasteiger charge is -2.22. The summed E-state index contributed by atoms with van der Waals surface area (Å²) in [5, 5.41) is 3.15. The Kier molecular flexibility index (Phi) is 7.17. The summed E-state index contributed by atoms with van der Waals surface area (Å²) in [5.41, 5.74) is 3.81. The van der Waals surface area contributed by atoms with Crippen molar-refractivity contribution in [1.29, 1.82) is 0 Å². The van der Waals surface area contributed by atoms with Gasteiger partial charge in [-0.15, -0.1) is 11.8 Å². The van der Waals surface area contributed by atoms with Gasteiger partial charge in [0.1, 0.15) is 12.4 Å². The number of ether oxygens (including phenoxy) is 2. The van der Waals surface area contributed by atoms with Crippen LogP contribution in [0.15, 0.2) is 42.5 Å². The summed E-state index contributed by atoms with van der Waals surface area (Å²) < 4.78 is 11.0. The van der Waals surface area contributed by atoms with E-state index < -0.39 is 0 Å². The Bertz CT molecular complexity index is 939. The summed E-state index contributed by atoms with van der Waals surface area (Å²) in [6, 6.07) is 13.7. The number of benzene rings is 2. The van der Waals surface area contributed by atoms with E-state index in [4.69, 9.17) is 9.47 Å². The van der Waals surface area contributed by atoms with Gasteiger partial charge in [-0.05, 0) is 42.2 Å². The summed E-state index contributed by atoms with van der Waals surface area (Å²) in [7, 11) is 1.39. The first-order chi connectivity index (χ1) is 15.2. The van der Waals surface area contributed by atoms with Crippen molar-refractivity contribution < 1.29 is 19.1 Å². The smallest absolute Gasteiger partial charge is 0.337 e. The van der Waals surface area contributed by atoms with Crippen LogP contribution in [0.3, 0.4) is 0 Å². The first kappa shape index (κ1) is 21.8. The number of carbonyl (C=O) groups excluding carboxylic acids is 2. The minimum atomic E-state index is -0.358. The number of methoxy groups -OCH3 is 1. The van der Waals surface area contributed by atoms with Crippen LogP contribution in [-0.4, -0.2) is 31.3 Å². The standard InChI is InChI=1S/C25H29NO4S/c1-29-25(28)18-11-12-22-21(15-18)23(20-10-6-5-9-19(20)16-30-22)31-14-13-26-24(27)17-7-3-2-4-8-17/h5-6,9-12,15,17,23H,2-4,7-8,13-14,16H2,1H3,(H,26,27). The molecule has 1 aliphatic carbocycles. The van der Waals surface area contributed by atoms with Gasteiger partial charge in [0.15, 0.2) is 0 Å². The molecule has 31 heavy (non-hydrogen) atoms. The maximum Gasteiger partial charge on any atom is 0.337 e. The highest BCUT2D eigenvalue weighted by Gasteiger charge is 2.26. The van der Waals surface area contributed by atoms with Gasteiger partial charge in [0.2, 0.25) is 5.91 Å². The number of esters is 1. The van der Waals surface area contributed by atoms with Crippen LogP contribution in [-0.2, 0) is 16.1 Å². The number of amides is 1. The monoisotopic (exact) mass is 439 g/mol. The van der Waals surface area contributed by atoms with Crippen molar-refractivity contribution >= 4 is 23.6 Å². The largest absolute Gasteiger partial charge is 0.489 e. The Hall–Kier alpha value is -2.47. The predicted octanol–water partition coefficient (Wildman–Crippen LogP) is 4.88. The third kappa shape index (κ3) is 5.06. The van der Waals surface area contributed by atoms with Crippen LogP contribution in [0.5, 0.6) is 5.75 Å². The second-order valence-electron chi connectivity index (χ2n) is 8.11. The molecule has 5 nitrogen and oxygen atoms in total. The van der Waals surface area contributed by atoms with E-state index in [1.807, 2.05) is 24.3 Å². The Morgan fingerprint density at radius 1 is 1.10 bits per heavy atom. The minimum absolute atomic E-state index is 0.0184. The van der Waals surface area contributed by atoms with Crippen molar-refractivity contribution in [2.75, 3.05) is 19.4 Å². The van der Waals surface area contributed by atoms with Crippen molar-refractivity contribution in [1.82, 2.24) is 5.32 Å². The van der Waals surface area contributed by atoms with Crippen LogP contribution >= 0.6 is 11.8 Å². The molecule has 1 amide bonds. The van der Waals surface area contributed by atoms with E-state index >= 15 is 0 Å². The summed E-state index contributed by atoms with van der Waals surface area (Å²) in [6.45, 7) is 1.13. The second-order valence-corrected chi connectivity index (χ2v) is 9.32. The lowest BCUT2D eigenvalue weighted by atomic mass is 9.89. The number of fused-ring (bicyclic) bond motifs is 2. The van der Waals surface area contributed by atoms with Gasteiger partial charge in [0.05, 0.1) is 17.9 Å². The van der Waals surface area contributed by atoms with Gasteiger partial charge in [-0.1, -0.05) is 43.5 Å². The van der Waals surface area contributed by atoms with Crippen molar-refractivity contribution in [2.24, 2.45) is 5.92 Å². The molecule has 2 aromatic carbocycles. The molecule has 1 N–H and O–H groups in total. The highest BCUT2D eigenvalue weighted by molar-refractivity contribution is 7.99. The SMILES string of the molecule is COC(=O)c1ccc2c(c1)C(SCCNC(=O)C1CCCCC1)c1ccccc1CO2. The molecule has 1 unspecified atom stereocenters. The summed E-state index contributed by atoms with van der Waals surface area (Å²) >= 11 is 1.77. The summed E-state index contributed by atoms with van der Waals surface area (Å²) in [4.78, 5) is 24.6. The number of nitrogens with one attached hydrogen (secondary N) is 1. The number of rotatable bonds is 6. The number of hydrogen-bond acceptors (Lipinski definition) is 5. The topological polar surface area (TPSA) is 64.6 Å². The van der Waals surface area contributed by atoms with Crippen LogP contribution in [0.2, 0.25) is 0 Å². The van der Waals surface area contributed by atoms with Gasteiger partial charge in [-0.25, -0.2) is 4.79 Å². The van der Waals surface area contributed by atoms with Crippen molar-refractivity contribution in [3.05, 3.63) is 64.7 Å². The maximum absolute atomic E-state index is 12.5. The van der Waals surface area contributed by atoms with Crippen LogP contribution in [0.1, 0.15) is 64.4 Å². The lowest BCUT2D eigenvalue weighted by Crippen LogP contribution is -2.33. The quantitative estimate of drug-likeness (QED) is 0.513. The van der Waals surface area contributed by atoms with Crippen molar-refractivity contribution in [3.8, 4) is 5.75 Å². The molecule has 0 spiro atoms. The van der Waals surface area contributed by atoms with Crippen LogP contribution in [0.4, 0.5) is 0 Å². The zero-order valence-corrected chi connectivity index (χ0v) is 18.7. The highest BCUT2D eigenvalue weighted by atomic mass is 32.2. The molecule has 1 aliphatic heterocycles. The van der Waals surface area contributed by atoms with E-state index in [0.29, 0.717) is 18.7 Å². The molecule has 6 heteroatoms. The highest BCUT2D eigenvalue weighted by Crippen LogP contribution is 2.44. The number of hydrogen-bond donors (Lipinski definition) is 1. The Morgan fingerprint density at radius 3 is 2.71 bits per heavy atom. The van der Waals surface area contributed by atoms with E-state index in [9.17, 15) is 9.59 Å². The third-order valence-corrected chi connectivity index (χ3v) is 7.38. The van der Waals surface area contributed by atoms with E-state index in [2.05, 4.69) is 17.4 Å². The van der Waals surface area contributed by atoms with E-state index in [-0.39, 0.29) is 23.0 Å². The predicted molar refractivity (Wildman–Crippen MR) is 122 cm³/mol.